The van der Waals surface area contributed by atoms with Crippen molar-refractivity contribution < 1.29 is 4.74 Å². The highest BCUT2D eigenvalue weighted by molar-refractivity contribution is 5.60. The molecule has 0 spiro atoms. The molecule has 25 heavy (non-hydrogen) atoms. The number of hydrogen-bond acceptors (Lipinski definition) is 3. The zero-order valence-corrected chi connectivity index (χ0v) is 15.4. The summed E-state index contributed by atoms with van der Waals surface area (Å²) in [5.74, 6) is 0.923. The maximum atomic E-state index is 8.95. The summed E-state index contributed by atoms with van der Waals surface area (Å²) in [6.45, 7) is 4.83. The van der Waals surface area contributed by atoms with E-state index in [4.69, 9.17) is 10.00 Å². The Morgan fingerprint density at radius 3 is 2.48 bits per heavy atom. The van der Waals surface area contributed by atoms with Gasteiger partial charge in [-0.15, -0.1) is 0 Å². The van der Waals surface area contributed by atoms with E-state index >= 15 is 0 Å². The third kappa shape index (κ3) is 6.23. The van der Waals surface area contributed by atoms with Gasteiger partial charge in [-0.2, -0.15) is 5.26 Å². The average Bonchev–Trinajstić information content (AvgIpc) is 2.67. The number of pyridine rings is 1. The van der Waals surface area contributed by atoms with E-state index in [-0.39, 0.29) is 5.92 Å². The highest BCUT2D eigenvalue weighted by Gasteiger charge is 2.05. The van der Waals surface area contributed by atoms with Gasteiger partial charge in [-0.25, -0.2) is 0 Å². The maximum Gasteiger partial charge on any atom is 0.119 e. The second kappa shape index (κ2) is 10.5. The van der Waals surface area contributed by atoms with Crippen LogP contribution in [0.3, 0.4) is 0 Å². The van der Waals surface area contributed by atoms with E-state index in [0.29, 0.717) is 6.61 Å². The summed E-state index contributed by atoms with van der Waals surface area (Å²) in [5.41, 5.74) is 3.39. The van der Waals surface area contributed by atoms with Crippen LogP contribution in [0.25, 0.3) is 11.3 Å². The summed E-state index contributed by atoms with van der Waals surface area (Å²) in [6.07, 6.45) is 8.49. The van der Waals surface area contributed by atoms with Crippen molar-refractivity contribution in [2.24, 2.45) is 5.92 Å². The Morgan fingerprint density at radius 1 is 1.08 bits per heavy atom. The van der Waals surface area contributed by atoms with Crippen LogP contribution in [0.4, 0.5) is 0 Å². The second-order valence-corrected chi connectivity index (χ2v) is 6.40. The lowest BCUT2D eigenvalue weighted by molar-refractivity contribution is 0.291. The van der Waals surface area contributed by atoms with Gasteiger partial charge in [0.1, 0.15) is 5.75 Å². The minimum atomic E-state index is 0.0827. The van der Waals surface area contributed by atoms with Crippen molar-refractivity contribution in [1.29, 1.82) is 5.26 Å². The molecule has 0 saturated carbocycles. The minimum absolute atomic E-state index is 0.0827. The lowest BCUT2D eigenvalue weighted by Crippen LogP contribution is -2.04. The SMILES string of the molecule is CCCCCc1ccc(-c2ccc(OCCC(C#N)CC)cc2)nc1. The summed E-state index contributed by atoms with van der Waals surface area (Å²) < 4.78 is 5.73. The molecule has 0 N–H and O–H groups in total. The van der Waals surface area contributed by atoms with E-state index in [0.717, 1.165) is 36.3 Å². The molecule has 0 aliphatic carbocycles. The summed E-state index contributed by atoms with van der Waals surface area (Å²) in [7, 11) is 0. The predicted molar refractivity (Wildman–Crippen MR) is 102 cm³/mol. The van der Waals surface area contributed by atoms with Crippen molar-refractivity contribution in [3.8, 4) is 23.1 Å². The molecule has 0 aliphatic heterocycles. The van der Waals surface area contributed by atoms with Crippen LogP contribution >= 0.6 is 0 Å². The zero-order valence-electron chi connectivity index (χ0n) is 15.4. The largest absolute Gasteiger partial charge is 0.494 e. The number of nitrogens with zero attached hydrogens (tertiary/aromatic N) is 2. The Bertz CT molecular complexity index is 656. The first-order valence-corrected chi connectivity index (χ1v) is 9.34. The van der Waals surface area contributed by atoms with Gasteiger partial charge < -0.3 is 4.74 Å². The van der Waals surface area contributed by atoms with Gasteiger partial charge in [0.15, 0.2) is 0 Å². The highest BCUT2D eigenvalue weighted by atomic mass is 16.5. The molecule has 1 aromatic heterocycles. The smallest absolute Gasteiger partial charge is 0.119 e. The number of aromatic nitrogens is 1. The van der Waals surface area contributed by atoms with Crippen molar-refractivity contribution in [3.05, 3.63) is 48.2 Å². The van der Waals surface area contributed by atoms with Crippen molar-refractivity contribution in [2.75, 3.05) is 6.61 Å². The molecule has 0 radical (unpaired) electrons. The predicted octanol–water partition coefficient (Wildman–Crippen LogP) is 5.80. The number of nitriles is 1. The van der Waals surface area contributed by atoms with Crippen LogP contribution in [0.1, 0.15) is 51.5 Å². The van der Waals surface area contributed by atoms with Crippen LogP contribution in [-0.2, 0) is 6.42 Å². The molecule has 0 aliphatic rings. The van der Waals surface area contributed by atoms with E-state index in [1.165, 1.54) is 24.8 Å². The first-order chi connectivity index (χ1) is 12.3. The zero-order chi connectivity index (χ0) is 17.9. The van der Waals surface area contributed by atoms with E-state index in [1.54, 1.807) is 0 Å². The van der Waals surface area contributed by atoms with Gasteiger partial charge in [0.25, 0.3) is 0 Å². The van der Waals surface area contributed by atoms with Crippen molar-refractivity contribution in [3.63, 3.8) is 0 Å². The molecular weight excluding hydrogens is 308 g/mol. The standard InChI is InChI=1S/C22H28N2O/c1-3-5-6-7-19-8-13-22(24-17-19)20-9-11-21(12-10-20)25-15-14-18(4-2)16-23/h8-13,17-18H,3-7,14-15H2,1-2H3. The molecule has 3 heteroatoms. The first-order valence-electron chi connectivity index (χ1n) is 9.34. The Kier molecular flexibility index (Phi) is 7.98. The first kappa shape index (κ1) is 19.0. The molecule has 0 fully saturated rings. The van der Waals surface area contributed by atoms with E-state index in [1.807, 2.05) is 37.4 Å². The summed E-state index contributed by atoms with van der Waals surface area (Å²) >= 11 is 0. The van der Waals surface area contributed by atoms with Crippen molar-refractivity contribution >= 4 is 0 Å². The number of ether oxygens (including phenoxy) is 1. The molecule has 132 valence electrons. The maximum absolute atomic E-state index is 8.95. The fourth-order valence-corrected chi connectivity index (χ4v) is 2.72. The lowest BCUT2D eigenvalue weighted by Gasteiger charge is -2.09. The average molecular weight is 336 g/mol. The summed E-state index contributed by atoms with van der Waals surface area (Å²) in [6, 6.07) is 14.6. The third-order valence-electron chi connectivity index (χ3n) is 4.45. The quantitative estimate of drug-likeness (QED) is 0.515. The van der Waals surface area contributed by atoms with Crippen LogP contribution < -0.4 is 4.74 Å². The number of rotatable bonds is 10. The fourth-order valence-electron chi connectivity index (χ4n) is 2.72. The van der Waals surface area contributed by atoms with Gasteiger partial charge in [-0.05, 0) is 61.6 Å². The molecule has 1 unspecified atom stereocenters. The van der Waals surface area contributed by atoms with E-state index < -0.39 is 0 Å². The van der Waals surface area contributed by atoms with Crippen molar-refractivity contribution in [1.82, 2.24) is 4.98 Å². The molecule has 0 amide bonds. The van der Waals surface area contributed by atoms with Gasteiger partial charge in [-0.3, -0.25) is 4.98 Å². The molecular formula is C22H28N2O. The molecule has 1 aromatic carbocycles. The van der Waals surface area contributed by atoms with Crippen LogP contribution in [0.2, 0.25) is 0 Å². The molecule has 0 bridgehead atoms. The van der Waals surface area contributed by atoms with Crippen LogP contribution in [0.15, 0.2) is 42.6 Å². The second-order valence-electron chi connectivity index (χ2n) is 6.40. The minimum Gasteiger partial charge on any atom is -0.494 e. The van der Waals surface area contributed by atoms with Crippen LogP contribution in [0.5, 0.6) is 5.75 Å². The molecule has 2 rings (SSSR count). The lowest BCUT2D eigenvalue weighted by atomic mass is 10.1. The highest BCUT2D eigenvalue weighted by Crippen LogP contribution is 2.21. The van der Waals surface area contributed by atoms with E-state index in [9.17, 15) is 0 Å². The normalized spacial score (nSPS) is 11.7. The topological polar surface area (TPSA) is 45.9 Å². The van der Waals surface area contributed by atoms with Gasteiger partial charge in [0, 0.05) is 17.7 Å². The number of unbranched alkanes of at least 4 members (excludes halogenated alkanes) is 2. The van der Waals surface area contributed by atoms with Crippen molar-refractivity contribution in [2.45, 2.75) is 52.4 Å². The van der Waals surface area contributed by atoms with Gasteiger partial charge >= 0.3 is 0 Å². The summed E-state index contributed by atoms with van der Waals surface area (Å²) in [5, 5.41) is 8.95. The van der Waals surface area contributed by atoms with Crippen LogP contribution in [-0.4, -0.2) is 11.6 Å². The monoisotopic (exact) mass is 336 g/mol. The fraction of sp³-hybridized carbons (Fsp3) is 0.455. The number of aryl methyl sites for hydroxylation is 1. The van der Waals surface area contributed by atoms with E-state index in [2.05, 4.69) is 30.1 Å². The van der Waals surface area contributed by atoms with Crippen LogP contribution in [0, 0.1) is 17.2 Å². The Balaban J connectivity index is 1.88. The Hall–Kier alpha value is -2.34. The third-order valence-corrected chi connectivity index (χ3v) is 4.45. The molecule has 3 nitrogen and oxygen atoms in total. The molecule has 1 atom stereocenters. The molecule has 2 aromatic rings. The Morgan fingerprint density at radius 2 is 1.88 bits per heavy atom. The molecule has 0 saturated heterocycles. The number of benzene rings is 1. The van der Waals surface area contributed by atoms with Gasteiger partial charge in [0.05, 0.1) is 18.4 Å². The van der Waals surface area contributed by atoms with Gasteiger partial charge in [0.2, 0.25) is 0 Å². The molecule has 1 heterocycles. The summed E-state index contributed by atoms with van der Waals surface area (Å²) in [4.78, 5) is 4.59. The van der Waals surface area contributed by atoms with Gasteiger partial charge in [-0.1, -0.05) is 32.8 Å². The number of hydrogen-bond donors (Lipinski definition) is 0. The Labute approximate surface area is 151 Å².